The maximum Gasteiger partial charge on any atom is 0.227 e. The van der Waals surface area contributed by atoms with Crippen LogP contribution >= 0.6 is 12.4 Å². The number of carbonyl (C=O) groups excluding carboxylic acids is 1. The number of nitrogens with one attached hydrogen (secondary N) is 2. The van der Waals surface area contributed by atoms with Gasteiger partial charge < -0.3 is 15.1 Å². The van der Waals surface area contributed by atoms with Crippen LogP contribution in [0.5, 0.6) is 0 Å². The summed E-state index contributed by atoms with van der Waals surface area (Å²) in [5, 5.41) is 6.29. The molecule has 1 aromatic carbocycles. The number of nitrogens with zero attached hydrogens (tertiary/aromatic N) is 1. The SMILES string of the molecule is Cl.O=C(Nc1ccc(-c2cnc(C3CC3)o2)cc1)C1CCNCC1. The van der Waals surface area contributed by atoms with Gasteiger partial charge in [0.15, 0.2) is 11.7 Å². The Hall–Kier alpha value is -1.85. The molecule has 2 aromatic rings. The van der Waals surface area contributed by atoms with Gasteiger partial charge in [0, 0.05) is 23.1 Å². The maximum atomic E-state index is 12.2. The van der Waals surface area contributed by atoms with Crippen molar-refractivity contribution in [2.45, 2.75) is 31.6 Å². The number of oxazole rings is 1. The molecule has 2 N–H and O–H groups in total. The van der Waals surface area contributed by atoms with Gasteiger partial charge in [-0.15, -0.1) is 12.4 Å². The third kappa shape index (κ3) is 3.79. The number of anilines is 1. The van der Waals surface area contributed by atoms with Crippen molar-refractivity contribution in [1.82, 2.24) is 10.3 Å². The molecule has 1 saturated carbocycles. The Balaban J connectivity index is 0.00000169. The molecule has 2 heterocycles. The van der Waals surface area contributed by atoms with Crippen LogP contribution in [0.2, 0.25) is 0 Å². The Kier molecular flexibility index (Phi) is 5.21. The molecular formula is C18H22ClN3O2. The summed E-state index contributed by atoms with van der Waals surface area (Å²) in [6, 6.07) is 7.78. The molecule has 5 nitrogen and oxygen atoms in total. The highest BCUT2D eigenvalue weighted by molar-refractivity contribution is 5.92. The second-order valence-electron chi connectivity index (χ2n) is 6.43. The summed E-state index contributed by atoms with van der Waals surface area (Å²) in [5.74, 6) is 2.40. The van der Waals surface area contributed by atoms with Crippen LogP contribution in [-0.2, 0) is 4.79 Å². The summed E-state index contributed by atoms with van der Waals surface area (Å²) in [6.07, 6.45) is 5.97. The van der Waals surface area contributed by atoms with Crippen molar-refractivity contribution < 1.29 is 9.21 Å². The lowest BCUT2D eigenvalue weighted by Crippen LogP contribution is -2.34. The Morgan fingerprint density at radius 3 is 2.50 bits per heavy atom. The topological polar surface area (TPSA) is 67.2 Å². The third-order valence-corrected chi connectivity index (χ3v) is 4.60. The number of piperidine rings is 1. The van der Waals surface area contributed by atoms with Crippen molar-refractivity contribution in [3.8, 4) is 11.3 Å². The van der Waals surface area contributed by atoms with Crippen molar-refractivity contribution in [2.75, 3.05) is 18.4 Å². The summed E-state index contributed by atoms with van der Waals surface area (Å²) in [6.45, 7) is 1.84. The van der Waals surface area contributed by atoms with E-state index in [-0.39, 0.29) is 24.2 Å². The molecule has 2 fully saturated rings. The molecule has 1 saturated heterocycles. The fourth-order valence-electron chi connectivity index (χ4n) is 2.99. The minimum atomic E-state index is 0. The second-order valence-corrected chi connectivity index (χ2v) is 6.43. The van der Waals surface area contributed by atoms with E-state index in [0.29, 0.717) is 5.92 Å². The van der Waals surface area contributed by atoms with Gasteiger partial charge in [-0.3, -0.25) is 4.79 Å². The summed E-state index contributed by atoms with van der Waals surface area (Å²) in [4.78, 5) is 16.6. The number of aromatic nitrogens is 1. The molecule has 1 amide bonds. The summed E-state index contributed by atoms with van der Waals surface area (Å²) in [5.41, 5.74) is 1.82. The standard InChI is InChI=1S/C18H21N3O2.ClH/c22-17(13-7-9-19-10-8-13)21-15-5-3-12(4-6-15)16-11-20-18(23-16)14-1-2-14;/h3-6,11,13-14,19H,1-2,7-10H2,(H,21,22);1H. The predicted molar refractivity (Wildman–Crippen MR) is 95.4 cm³/mol. The highest BCUT2D eigenvalue weighted by Gasteiger charge is 2.28. The average Bonchev–Trinajstić information content (AvgIpc) is 3.34. The fraction of sp³-hybridized carbons (Fsp3) is 0.444. The van der Waals surface area contributed by atoms with Crippen molar-refractivity contribution in [3.63, 3.8) is 0 Å². The van der Waals surface area contributed by atoms with Crippen molar-refractivity contribution in [1.29, 1.82) is 0 Å². The molecule has 24 heavy (non-hydrogen) atoms. The normalized spacial score (nSPS) is 18.0. The lowest BCUT2D eigenvalue weighted by Gasteiger charge is -2.21. The van der Waals surface area contributed by atoms with Crippen LogP contribution in [0.15, 0.2) is 34.9 Å². The zero-order valence-electron chi connectivity index (χ0n) is 13.5. The molecule has 0 spiro atoms. The number of amides is 1. The summed E-state index contributed by atoms with van der Waals surface area (Å²) in [7, 11) is 0. The van der Waals surface area contributed by atoms with Crippen LogP contribution in [0.1, 0.15) is 37.5 Å². The number of hydrogen-bond acceptors (Lipinski definition) is 4. The van der Waals surface area contributed by atoms with Crippen molar-refractivity contribution in [3.05, 3.63) is 36.4 Å². The molecular weight excluding hydrogens is 326 g/mol. The van der Waals surface area contributed by atoms with Crippen LogP contribution in [-0.4, -0.2) is 24.0 Å². The van der Waals surface area contributed by atoms with E-state index in [9.17, 15) is 4.79 Å². The molecule has 4 rings (SSSR count). The second kappa shape index (κ2) is 7.36. The largest absolute Gasteiger partial charge is 0.440 e. The van der Waals surface area contributed by atoms with E-state index in [1.165, 1.54) is 12.8 Å². The van der Waals surface area contributed by atoms with E-state index in [2.05, 4.69) is 15.6 Å². The van der Waals surface area contributed by atoms with Gasteiger partial charge in [0.25, 0.3) is 0 Å². The lowest BCUT2D eigenvalue weighted by atomic mass is 9.97. The first-order valence-corrected chi connectivity index (χ1v) is 8.37. The van der Waals surface area contributed by atoms with Gasteiger partial charge in [0.1, 0.15) is 0 Å². The molecule has 0 radical (unpaired) electrons. The van der Waals surface area contributed by atoms with Gasteiger partial charge in [0.2, 0.25) is 5.91 Å². The summed E-state index contributed by atoms with van der Waals surface area (Å²) < 4.78 is 5.80. The molecule has 1 aromatic heterocycles. The number of benzene rings is 1. The minimum absolute atomic E-state index is 0. The first kappa shape index (κ1) is 17.0. The van der Waals surface area contributed by atoms with Gasteiger partial charge in [-0.1, -0.05) is 0 Å². The van der Waals surface area contributed by atoms with Crippen molar-refractivity contribution >= 4 is 24.0 Å². The summed E-state index contributed by atoms with van der Waals surface area (Å²) >= 11 is 0. The van der Waals surface area contributed by atoms with Gasteiger partial charge in [0.05, 0.1) is 6.20 Å². The molecule has 1 aliphatic heterocycles. The molecule has 2 aliphatic rings. The Morgan fingerprint density at radius 1 is 1.12 bits per heavy atom. The Labute approximate surface area is 147 Å². The van der Waals surface area contributed by atoms with Gasteiger partial charge in [-0.2, -0.15) is 0 Å². The fourth-order valence-corrected chi connectivity index (χ4v) is 2.99. The van der Waals surface area contributed by atoms with Crippen LogP contribution in [0.3, 0.4) is 0 Å². The average molecular weight is 348 g/mol. The van der Waals surface area contributed by atoms with E-state index in [0.717, 1.165) is 48.8 Å². The quantitative estimate of drug-likeness (QED) is 0.887. The number of hydrogen-bond donors (Lipinski definition) is 2. The molecule has 0 atom stereocenters. The minimum Gasteiger partial charge on any atom is -0.440 e. The number of rotatable bonds is 4. The first-order valence-electron chi connectivity index (χ1n) is 8.37. The van der Waals surface area contributed by atoms with E-state index in [4.69, 9.17) is 4.42 Å². The van der Waals surface area contributed by atoms with Crippen LogP contribution in [0.4, 0.5) is 5.69 Å². The zero-order chi connectivity index (χ0) is 15.6. The highest BCUT2D eigenvalue weighted by atomic mass is 35.5. The van der Waals surface area contributed by atoms with E-state index < -0.39 is 0 Å². The number of halogens is 1. The van der Waals surface area contributed by atoms with Crippen LogP contribution < -0.4 is 10.6 Å². The van der Waals surface area contributed by atoms with E-state index in [1.807, 2.05) is 24.3 Å². The maximum absolute atomic E-state index is 12.2. The van der Waals surface area contributed by atoms with Crippen molar-refractivity contribution in [2.24, 2.45) is 5.92 Å². The molecule has 0 bridgehead atoms. The molecule has 0 unspecified atom stereocenters. The van der Waals surface area contributed by atoms with Gasteiger partial charge >= 0.3 is 0 Å². The zero-order valence-corrected chi connectivity index (χ0v) is 14.3. The van der Waals surface area contributed by atoms with Gasteiger partial charge in [-0.05, 0) is 63.0 Å². The third-order valence-electron chi connectivity index (χ3n) is 4.60. The van der Waals surface area contributed by atoms with E-state index >= 15 is 0 Å². The van der Waals surface area contributed by atoms with Crippen LogP contribution in [0, 0.1) is 5.92 Å². The first-order chi connectivity index (χ1) is 11.3. The molecule has 6 heteroatoms. The Morgan fingerprint density at radius 2 is 1.83 bits per heavy atom. The highest BCUT2D eigenvalue weighted by Crippen LogP contribution is 2.40. The smallest absolute Gasteiger partial charge is 0.227 e. The molecule has 1 aliphatic carbocycles. The van der Waals surface area contributed by atoms with E-state index in [1.54, 1.807) is 6.20 Å². The lowest BCUT2D eigenvalue weighted by molar-refractivity contribution is -0.120. The van der Waals surface area contributed by atoms with Crippen LogP contribution in [0.25, 0.3) is 11.3 Å². The Bertz CT molecular complexity index is 689. The monoisotopic (exact) mass is 347 g/mol. The van der Waals surface area contributed by atoms with Gasteiger partial charge in [-0.25, -0.2) is 4.98 Å². The molecule has 128 valence electrons. The predicted octanol–water partition coefficient (Wildman–Crippen LogP) is 3.58. The number of carbonyl (C=O) groups is 1.